The Balaban J connectivity index is 1.65. The van der Waals surface area contributed by atoms with Gasteiger partial charge in [0, 0.05) is 21.5 Å². The van der Waals surface area contributed by atoms with Gasteiger partial charge in [-0.1, -0.05) is 36.0 Å². The second kappa shape index (κ2) is 6.71. The fourth-order valence-electron chi connectivity index (χ4n) is 2.59. The lowest BCUT2D eigenvalue weighted by Crippen LogP contribution is -2.08. The number of nitrogens with two attached hydrogens (primary N) is 1. The fraction of sp³-hybridized carbons (Fsp3) is 0.467. The van der Waals surface area contributed by atoms with E-state index in [0.717, 1.165) is 22.4 Å². The Kier molecular flexibility index (Phi) is 4.70. The molecule has 1 aliphatic rings. The smallest absolute Gasteiger partial charge is 0.258 e. The van der Waals surface area contributed by atoms with E-state index in [1.54, 1.807) is 18.2 Å². The lowest BCUT2D eigenvalue weighted by Gasteiger charge is -2.19. The molecule has 1 aromatic heterocycles. The van der Waals surface area contributed by atoms with Gasteiger partial charge in [0.1, 0.15) is 0 Å². The molecule has 1 heterocycles. The third-order valence-corrected chi connectivity index (χ3v) is 5.22. The van der Waals surface area contributed by atoms with Gasteiger partial charge < -0.3 is 10.3 Å². The average Bonchev–Trinajstić information content (AvgIpc) is 2.94. The van der Waals surface area contributed by atoms with Gasteiger partial charge >= 0.3 is 0 Å². The molecule has 0 amide bonds. The number of hydrogen-bond donors (Lipinski definition) is 1. The predicted octanol–water partition coefficient (Wildman–Crippen LogP) is 4.54. The molecule has 1 fully saturated rings. The number of rotatable bonds is 4. The highest BCUT2D eigenvalue weighted by molar-refractivity contribution is 7.99. The Morgan fingerprint density at radius 3 is 2.81 bits per heavy atom. The second-order valence-corrected chi connectivity index (χ2v) is 7.09. The average molecular weight is 324 g/mol. The molecule has 0 bridgehead atoms. The molecular weight excluding hydrogens is 306 g/mol. The van der Waals surface area contributed by atoms with E-state index < -0.39 is 0 Å². The lowest BCUT2D eigenvalue weighted by molar-refractivity contribution is 0.425. The molecule has 0 atom stereocenters. The molecule has 0 spiro atoms. The van der Waals surface area contributed by atoms with Crippen molar-refractivity contribution in [1.29, 1.82) is 0 Å². The normalized spacial score (nSPS) is 16.2. The summed E-state index contributed by atoms with van der Waals surface area (Å²) >= 11 is 7.93. The number of halogens is 1. The molecule has 1 saturated carbocycles. The van der Waals surface area contributed by atoms with Gasteiger partial charge in [0.25, 0.3) is 5.89 Å². The molecule has 2 N–H and O–H groups in total. The van der Waals surface area contributed by atoms with Crippen LogP contribution in [0.5, 0.6) is 0 Å². The number of hydrogen-bond acceptors (Lipinski definition) is 5. The molecule has 21 heavy (non-hydrogen) atoms. The zero-order valence-corrected chi connectivity index (χ0v) is 13.3. The summed E-state index contributed by atoms with van der Waals surface area (Å²) in [4.78, 5) is 4.43. The number of benzene rings is 1. The van der Waals surface area contributed by atoms with Gasteiger partial charge in [-0.2, -0.15) is 16.7 Å². The Bertz CT molecular complexity index is 590. The zero-order valence-electron chi connectivity index (χ0n) is 11.7. The zero-order chi connectivity index (χ0) is 14.7. The summed E-state index contributed by atoms with van der Waals surface area (Å²) in [6.07, 6.45) is 6.67. The lowest BCUT2D eigenvalue weighted by atomic mass is 10.0. The molecule has 1 aliphatic carbocycles. The minimum atomic E-state index is 0.475. The van der Waals surface area contributed by atoms with Crippen LogP contribution in [0, 0.1) is 0 Å². The van der Waals surface area contributed by atoms with Crippen molar-refractivity contribution in [2.45, 2.75) is 43.1 Å². The van der Waals surface area contributed by atoms with Gasteiger partial charge in [-0.25, -0.2) is 0 Å². The number of thioether (sulfide) groups is 1. The van der Waals surface area contributed by atoms with Crippen LogP contribution in [0.25, 0.3) is 11.5 Å². The maximum atomic E-state index is 6.00. The summed E-state index contributed by atoms with van der Waals surface area (Å²) in [7, 11) is 0. The van der Waals surface area contributed by atoms with Crippen molar-refractivity contribution in [3.63, 3.8) is 0 Å². The topological polar surface area (TPSA) is 64.9 Å². The van der Waals surface area contributed by atoms with Crippen LogP contribution in [0.3, 0.4) is 0 Å². The van der Waals surface area contributed by atoms with Crippen molar-refractivity contribution in [1.82, 2.24) is 10.1 Å². The standard InChI is InChI=1S/C15H18ClN3OS/c16-11-6-10(7-12(17)8-11)15-18-14(19-20-15)9-21-13-4-2-1-3-5-13/h6-8,13H,1-5,9,17H2. The van der Waals surface area contributed by atoms with E-state index in [0.29, 0.717) is 16.6 Å². The first-order chi connectivity index (χ1) is 10.2. The Morgan fingerprint density at radius 2 is 2.05 bits per heavy atom. The van der Waals surface area contributed by atoms with E-state index in [-0.39, 0.29) is 0 Å². The SMILES string of the molecule is Nc1cc(Cl)cc(-c2nc(CSC3CCCCC3)no2)c1. The summed E-state index contributed by atoms with van der Waals surface area (Å²) in [5.41, 5.74) is 7.14. The minimum Gasteiger partial charge on any atom is -0.399 e. The Labute approximate surface area is 133 Å². The van der Waals surface area contributed by atoms with E-state index >= 15 is 0 Å². The quantitative estimate of drug-likeness (QED) is 0.837. The van der Waals surface area contributed by atoms with Crippen molar-refractivity contribution >= 4 is 29.1 Å². The number of nitrogen functional groups attached to an aromatic ring is 1. The molecular formula is C15H18ClN3OS. The van der Waals surface area contributed by atoms with Crippen molar-refractivity contribution < 1.29 is 4.52 Å². The number of nitrogens with zero attached hydrogens (tertiary/aromatic N) is 2. The molecule has 0 unspecified atom stereocenters. The largest absolute Gasteiger partial charge is 0.399 e. The van der Waals surface area contributed by atoms with Crippen LogP contribution in [0.15, 0.2) is 22.7 Å². The molecule has 112 valence electrons. The third kappa shape index (κ3) is 3.92. The van der Waals surface area contributed by atoms with Gasteiger partial charge in [0.2, 0.25) is 0 Å². The number of anilines is 1. The van der Waals surface area contributed by atoms with Crippen LogP contribution in [0.1, 0.15) is 37.9 Å². The van der Waals surface area contributed by atoms with Gasteiger partial charge in [-0.15, -0.1) is 0 Å². The summed E-state index contributed by atoms with van der Waals surface area (Å²) in [6, 6.07) is 5.27. The van der Waals surface area contributed by atoms with Crippen LogP contribution < -0.4 is 5.73 Å². The second-order valence-electron chi connectivity index (χ2n) is 5.36. The van der Waals surface area contributed by atoms with Gasteiger partial charge in [0.05, 0.1) is 5.75 Å². The molecule has 4 nitrogen and oxygen atoms in total. The molecule has 2 aromatic rings. The van der Waals surface area contributed by atoms with Crippen molar-refractivity contribution in [2.24, 2.45) is 0 Å². The first-order valence-electron chi connectivity index (χ1n) is 7.21. The van der Waals surface area contributed by atoms with Crippen molar-refractivity contribution in [3.8, 4) is 11.5 Å². The van der Waals surface area contributed by atoms with Gasteiger partial charge in [0.15, 0.2) is 5.82 Å². The maximum absolute atomic E-state index is 6.00. The first-order valence-corrected chi connectivity index (χ1v) is 8.64. The Morgan fingerprint density at radius 1 is 1.24 bits per heavy atom. The van der Waals surface area contributed by atoms with Gasteiger partial charge in [-0.05, 0) is 31.0 Å². The highest BCUT2D eigenvalue weighted by atomic mass is 35.5. The highest BCUT2D eigenvalue weighted by Gasteiger charge is 2.16. The third-order valence-electron chi connectivity index (χ3n) is 3.64. The first kappa shape index (κ1) is 14.7. The van der Waals surface area contributed by atoms with Gasteiger partial charge in [-0.3, -0.25) is 0 Å². The van der Waals surface area contributed by atoms with E-state index in [4.69, 9.17) is 21.9 Å². The van der Waals surface area contributed by atoms with E-state index in [9.17, 15) is 0 Å². The molecule has 3 rings (SSSR count). The predicted molar refractivity (Wildman–Crippen MR) is 87.3 cm³/mol. The monoisotopic (exact) mass is 323 g/mol. The van der Waals surface area contributed by atoms with Crippen molar-refractivity contribution in [3.05, 3.63) is 29.0 Å². The molecule has 6 heteroatoms. The summed E-state index contributed by atoms with van der Waals surface area (Å²) < 4.78 is 5.31. The molecule has 0 saturated heterocycles. The molecule has 1 aromatic carbocycles. The van der Waals surface area contributed by atoms with E-state index in [1.165, 1.54) is 32.1 Å². The van der Waals surface area contributed by atoms with Crippen LogP contribution >= 0.6 is 23.4 Å². The Hall–Kier alpha value is -1.20. The summed E-state index contributed by atoms with van der Waals surface area (Å²) in [5, 5.41) is 5.35. The van der Waals surface area contributed by atoms with Crippen LogP contribution in [-0.4, -0.2) is 15.4 Å². The summed E-state index contributed by atoms with van der Waals surface area (Å²) in [5.74, 6) is 2.01. The minimum absolute atomic E-state index is 0.475. The summed E-state index contributed by atoms with van der Waals surface area (Å²) in [6.45, 7) is 0. The number of aromatic nitrogens is 2. The van der Waals surface area contributed by atoms with E-state index in [1.807, 2.05) is 11.8 Å². The van der Waals surface area contributed by atoms with Crippen molar-refractivity contribution in [2.75, 3.05) is 5.73 Å². The highest BCUT2D eigenvalue weighted by Crippen LogP contribution is 2.30. The van der Waals surface area contributed by atoms with Crippen LogP contribution in [-0.2, 0) is 5.75 Å². The van der Waals surface area contributed by atoms with E-state index in [2.05, 4.69) is 10.1 Å². The fourth-order valence-corrected chi connectivity index (χ4v) is 4.00. The van der Waals surface area contributed by atoms with Crippen LogP contribution in [0.2, 0.25) is 5.02 Å². The van der Waals surface area contributed by atoms with Crippen LogP contribution in [0.4, 0.5) is 5.69 Å². The molecule has 0 radical (unpaired) electrons. The molecule has 0 aliphatic heterocycles. The maximum Gasteiger partial charge on any atom is 0.258 e.